The van der Waals surface area contributed by atoms with E-state index in [4.69, 9.17) is 4.74 Å². The molecule has 3 aromatic carbocycles. The Hall–Kier alpha value is -2.72. The Labute approximate surface area is 154 Å². The monoisotopic (exact) mass is 394 g/mol. The minimum absolute atomic E-state index is 0.0617. The van der Waals surface area contributed by atoms with Crippen molar-refractivity contribution in [1.82, 2.24) is 0 Å². The van der Waals surface area contributed by atoms with Gasteiger partial charge in [0.05, 0.1) is 6.42 Å². The molecule has 0 saturated carbocycles. The average Bonchev–Trinajstić information content (AvgIpc) is 2.64. The van der Waals surface area contributed by atoms with Gasteiger partial charge in [0.15, 0.2) is 5.78 Å². The summed E-state index contributed by atoms with van der Waals surface area (Å²) in [7, 11) is 0. The van der Waals surface area contributed by atoms with Gasteiger partial charge in [-0.15, -0.1) is 0 Å². The fraction of sp³-hybridized carbons (Fsp3) is 0.0476. The highest BCUT2D eigenvalue weighted by Gasteiger charge is 2.10. The number of ether oxygens (including phenoxy) is 1. The van der Waals surface area contributed by atoms with Crippen molar-refractivity contribution in [2.75, 3.05) is 0 Å². The van der Waals surface area contributed by atoms with Crippen LogP contribution in [0.1, 0.15) is 21.5 Å². The second kappa shape index (κ2) is 7.90. The van der Waals surface area contributed by atoms with Crippen LogP contribution in [0.15, 0.2) is 83.3 Å². The maximum absolute atomic E-state index is 12.3. The number of ketones is 1. The fourth-order valence-corrected chi connectivity index (χ4v) is 2.63. The van der Waals surface area contributed by atoms with E-state index < -0.39 is 0 Å². The maximum Gasteiger partial charge on any atom is 0.315 e. The van der Waals surface area contributed by atoms with E-state index in [1.807, 2.05) is 42.5 Å². The highest BCUT2D eigenvalue weighted by molar-refractivity contribution is 9.10. The van der Waals surface area contributed by atoms with Crippen LogP contribution in [0.4, 0.5) is 0 Å². The zero-order chi connectivity index (χ0) is 17.6. The van der Waals surface area contributed by atoms with Gasteiger partial charge in [0.2, 0.25) is 0 Å². The van der Waals surface area contributed by atoms with Gasteiger partial charge in [-0.1, -0.05) is 58.4 Å². The number of rotatable bonds is 5. The Bertz CT molecular complexity index is 869. The molecule has 124 valence electrons. The Balaban J connectivity index is 1.63. The van der Waals surface area contributed by atoms with Crippen LogP contribution in [0.25, 0.3) is 0 Å². The predicted molar refractivity (Wildman–Crippen MR) is 99.8 cm³/mol. The van der Waals surface area contributed by atoms with E-state index in [1.54, 1.807) is 36.4 Å². The Kier molecular flexibility index (Phi) is 5.41. The standard InChI is InChI=1S/C21H15BrO3/c22-18-10-6-15(7-11-18)14-20(23)25-19-12-8-17(9-13-19)21(24)16-4-2-1-3-5-16/h1-13H,14H2. The summed E-state index contributed by atoms with van der Waals surface area (Å²) in [5.74, 6) is 0.0181. The third kappa shape index (κ3) is 4.64. The summed E-state index contributed by atoms with van der Waals surface area (Å²) >= 11 is 3.36. The normalized spacial score (nSPS) is 10.3. The predicted octanol–water partition coefficient (Wildman–Crippen LogP) is 4.83. The second-order valence-electron chi connectivity index (χ2n) is 5.50. The summed E-state index contributed by atoms with van der Waals surface area (Å²) < 4.78 is 6.29. The lowest BCUT2D eigenvalue weighted by Gasteiger charge is -2.06. The van der Waals surface area contributed by atoms with Crippen molar-refractivity contribution in [3.05, 3.63) is 100 Å². The van der Waals surface area contributed by atoms with E-state index in [-0.39, 0.29) is 18.2 Å². The Morgan fingerprint density at radius 2 is 1.36 bits per heavy atom. The molecule has 0 spiro atoms. The van der Waals surface area contributed by atoms with Gasteiger partial charge in [0, 0.05) is 15.6 Å². The number of hydrogen-bond acceptors (Lipinski definition) is 3. The van der Waals surface area contributed by atoms with E-state index >= 15 is 0 Å². The third-order valence-corrected chi connectivity index (χ3v) is 4.17. The summed E-state index contributed by atoms with van der Waals surface area (Å²) in [6.45, 7) is 0. The molecule has 0 N–H and O–H groups in total. The molecule has 25 heavy (non-hydrogen) atoms. The maximum atomic E-state index is 12.3. The van der Waals surface area contributed by atoms with Gasteiger partial charge in [-0.05, 0) is 42.0 Å². The SMILES string of the molecule is O=C(Cc1ccc(Br)cc1)Oc1ccc(C(=O)c2ccccc2)cc1. The van der Waals surface area contributed by atoms with Crippen molar-refractivity contribution >= 4 is 27.7 Å². The molecule has 0 radical (unpaired) electrons. The Morgan fingerprint density at radius 1 is 0.760 bits per heavy atom. The number of esters is 1. The van der Waals surface area contributed by atoms with E-state index in [0.29, 0.717) is 16.9 Å². The first-order valence-electron chi connectivity index (χ1n) is 7.77. The minimum Gasteiger partial charge on any atom is -0.426 e. The molecular weight excluding hydrogens is 380 g/mol. The number of carbonyl (C=O) groups is 2. The third-order valence-electron chi connectivity index (χ3n) is 3.65. The van der Waals surface area contributed by atoms with Crippen molar-refractivity contribution in [1.29, 1.82) is 0 Å². The van der Waals surface area contributed by atoms with Crippen LogP contribution in [-0.2, 0) is 11.2 Å². The van der Waals surface area contributed by atoms with Crippen LogP contribution in [0.5, 0.6) is 5.75 Å². The second-order valence-corrected chi connectivity index (χ2v) is 6.41. The highest BCUT2D eigenvalue weighted by Crippen LogP contribution is 2.17. The van der Waals surface area contributed by atoms with Crippen LogP contribution < -0.4 is 4.74 Å². The topological polar surface area (TPSA) is 43.4 Å². The zero-order valence-corrected chi connectivity index (χ0v) is 14.9. The highest BCUT2D eigenvalue weighted by atomic mass is 79.9. The quantitative estimate of drug-likeness (QED) is 0.353. The van der Waals surface area contributed by atoms with E-state index in [1.165, 1.54) is 0 Å². The van der Waals surface area contributed by atoms with Crippen LogP contribution in [0.2, 0.25) is 0 Å². The molecule has 0 saturated heterocycles. The van der Waals surface area contributed by atoms with Gasteiger partial charge < -0.3 is 4.74 Å². The molecule has 0 fully saturated rings. The first-order chi connectivity index (χ1) is 12.1. The molecule has 0 heterocycles. The van der Waals surface area contributed by atoms with Gasteiger partial charge in [-0.25, -0.2) is 0 Å². The van der Waals surface area contributed by atoms with Crippen molar-refractivity contribution in [2.45, 2.75) is 6.42 Å². The summed E-state index contributed by atoms with van der Waals surface area (Å²) in [5.41, 5.74) is 2.06. The lowest BCUT2D eigenvalue weighted by atomic mass is 10.0. The molecule has 4 heteroatoms. The minimum atomic E-state index is -0.343. The van der Waals surface area contributed by atoms with Crippen molar-refractivity contribution < 1.29 is 14.3 Å². The van der Waals surface area contributed by atoms with Crippen molar-refractivity contribution in [2.24, 2.45) is 0 Å². The van der Waals surface area contributed by atoms with Crippen LogP contribution in [0.3, 0.4) is 0 Å². The molecule has 0 bridgehead atoms. The molecule has 0 unspecified atom stereocenters. The fourth-order valence-electron chi connectivity index (χ4n) is 2.37. The molecule has 0 aliphatic carbocycles. The summed E-state index contributed by atoms with van der Waals surface area (Å²) in [4.78, 5) is 24.3. The van der Waals surface area contributed by atoms with Gasteiger partial charge in [0.25, 0.3) is 0 Å². The van der Waals surface area contributed by atoms with Crippen LogP contribution in [-0.4, -0.2) is 11.8 Å². The van der Waals surface area contributed by atoms with E-state index in [2.05, 4.69) is 15.9 Å². The molecular formula is C21H15BrO3. The number of halogens is 1. The first kappa shape index (κ1) is 17.1. The smallest absolute Gasteiger partial charge is 0.315 e. The molecule has 0 atom stereocenters. The average molecular weight is 395 g/mol. The summed E-state index contributed by atoms with van der Waals surface area (Å²) in [5, 5.41) is 0. The number of benzene rings is 3. The summed E-state index contributed by atoms with van der Waals surface area (Å²) in [6, 6.07) is 23.2. The number of carbonyl (C=O) groups excluding carboxylic acids is 2. The molecule has 3 rings (SSSR count). The largest absolute Gasteiger partial charge is 0.426 e. The van der Waals surface area contributed by atoms with Crippen molar-refractivity contribution in [3.8, 4) is 5.75 Å². The van der Waals surface area contributed by atoms with Crippen LogP contribution >= 0.6 is 15.9 Å². The molecule has 3 aromatic rings. The van der Waals surface area contributed by atoms with E-state index in [9.17, 15) is 9.59 Å². The Morgan fingerprint density at radius 3 is 2.00 bits per heavy atom. The van der Waals surface area contributed by atoms with Gasteiger partial charge in [0.1, 0.15) is 5.75 Å². The zero-order valence-electron chi connectivity index (χ0n) is 13.3. The molecule has 0 aromatic heterocycles. The van der Waals surface area contributed by atoms with Gasteiger partial charge in [-0.2, -0.15) is 0 Å². The first-order valence-corrected chi connectivity index (χ1v) is 8.56. The summed E-state index contributed by atoms with van der Waals surface area (Å²) in [6.07, 6.45) is 0.192. The number of hydrogen-bond donors (Lipinski definition) is 0. The molecule has 0 aliphatic heterocycles. The lowest BCUT2D eigenvalue weighted by Crippen LogP contribution is -2.11. The van der Waals surface area contributed by atoms with Crippen LogP contribution in [0, 0.1) is 0 Å². The van der Waals surface area contributed by atoms with Gasteiger partial charge >= 0.3 is 5.97 Å². The molecule has 0 amide bonds. The van der Waals surface area contributed by atoms with E-state index in [0.717, 1.165) is 10.0 Å². The molecule has 3 nitrogen and oxygen atoms in total. The molecule has 0 aliphatic rings. The lowest BCUT2D eigenvalue weighted by molar-refractivity contribution is -0.133. The van der Waals surface area contributed by atoms with Crippen molar-refractivity contribution in [3.63, 3.8) is 0 Å². The van der Waals surface area contributed by atoms with Gasteiger partial charge in [-0.3, -0.25) is 9.59 Å².